The SMILES string of the molecule is C[C@H](NC(=O)C[C@@H]1C=CCC1)c1ccc(C(F)(F)F)cc1. The van der Waals surface area contributed by atoms with Gasteiger partial charge < -0.3 is 5.32 Å². The van der Waals surface area contributed by atoms with Gasteiger partial charge in [-0.25, -0.2) is 0 Å². The number of carbonyl (C=O) groups is 1. The minimum atomic E-state index is -4.33. The summed E-state index contributed by atoms with van der Waals surface area (Å²) in [5, 5.41) is 2.83. The van der Waals surface area contributed by atoms with E-state index in [2.05, 4.69) is 11.4 Å². The maximum atomic E-state index is 12.5. The van der Waals surface area contributed by atoms with E-state index in [-0.39, 0.29) is 17.9 Å². The summed E-state index contributed by atoms with van der Waals surface area (Å²) in [6.07, 6.45) is 2.20. The van der Waals surface area contributed by atoms with Gasteiger partial charge in [-0.3, -0.25) is 4.79 Å². The van der Waals surface area contributed by atoms with Gasteiger partial charge in [0.1, 0.15) is 0 Å². The molecule has 0 aliphatic heterocycles. The Labute approximate surface area is 122 Å². The zero-order valence-electron chi connectivity index (χ0n) is 11.8. The topological polar surface area (TPSA) is 29.1 Å². The summed E-state index contributed by atoms with van der Waals surface area (Å²) in [7, 11) is 0. The van der Waals surface area contributed by atoms with Crippen LogP contribution in [0.3, 0.4) is 0 Å². The molecule has 5 heteroatoms. The third-order valence-corrected chi connectivity index (χ3v) is 3.68. The molecule has 1 amide bonds. The van der Waals surface area contributed by atoms with Crippen LogP contribution in [-0.2, 0) is 11.0 Å². The summed E-state index contributed by atoms with van der Waals surface area (Å²) >= 11 is 0. The maximum absolute atomic E-state index is 12.5. The van der Waals surface area contributed by atoms with Crippen LogP contribution >= 0.6 is 0 Å². The lowest BCUT2D eigenvalue weighted by molar-refractivity contribution is -0.137. The molecule has 0 fully saturated rings. The first-order valence-electron chi connectivity index (χ1n) is 6.99. The number of nitrogens with one attached hydrogen (secondary N) is 1. The molecule has 0 radical (unpaired) electrons. The highest BCUT2D eigenvalue weighted by Crippen LogP contribution is 2.30. The summed E-state index contributed by atoms with van der Waals surface area (Å²) in [6.45, 7) is 1.77. The van der Waals surface area contributed by atoms with Gasteiger partial charge in [0, 0.05) is 6.42 Å². The van der Waals surface area contributed by atoms with E-state index in [9.17, 15) is 18.0 Å². The van der Waals surface area contributed by atoms with E-state index in [1.54, 1.807) is 6.92 Å². The van der Waals surface area contributed by atoms with Crippen molar-refractivity contribution in [2.24, 2.45) is 5.92 Å². The molecule has 0 aromatic heterocycles. The molecule has 0 heterocycles. The molecule has 0 saturated heterocycles. The second kappa shape index (κ2) is 6.33. The van der Waals surface area contributed by atoms with Crippen LogP contribution in [0.25, 0.3) is 0 Å². The van der Waals surface area contributed by atoms with E-state index in [1.807, 2.05) is 6.08 Å². The lowest BCUT2D eigenvalue weighted by Gasteiger charge is -2.16. The number of alkyl halides is 3. The fourth-order valence-corrected chi connectivity index (χ4v) is 2.45. The van der Waals surface area contributed by atoms with Crippen LogP contribution < -0.4 is 5.32 Å². The van der Waals surface area contributed by atoms with E-state index in [0.29, 0.717) is 12.0 Å². The van der Waals surface area contributed by atoms with Gasteiger partial charge in [-0.1, -0.05) is 24.3 Å². The number of amides is 1. The second-order valence-electron chi connectivity index (χ2n) is 5.38. The number of carbonyl (C=O) groups excluding carboxylic acids is 1. The molecule has 0 saturated carbocycles. The molecule has 0 spiro atoms. The van der Waals surface area contributed by atoms with E-state index in [4.69, 9.17) is 0 Å². The number of rotatable bonds is 4. The minimum Gasteiger partial charge on any atom is -0.350 e. The van der Waals surface area contributed by atoms with Gasteiger partial charge in [0.15, 0.2) is 0 Å². The Bertz CT molecular complexity index is 519. The Morgan fingerprint density at radius 1 is 1.33 bits per heavy atom. The quantitative estimate of drug-likeness (QED) is 0.828. The number of hydrogen-bond donors (Lipinski definition) is 1. The molecule has 0 bridgehead atoms. The zero-order chi connectivity index (χ0) is 15.5. The van der Waals surface area contributed by atoms with E-state index >= 15 is 0 Å². The Morgan fingerprint density at radius 2 is 2.00 bits per heavy atom. The van der Waals surface area contributed by atoms with Crippen molar-refractivity contribution >= 4 is 5.91 Å². The predicted octanol–water partition coefficient (Wildman–Crippen LogP) is 4.24. The lowest BCUT2D eigenvalue weighted by atomic mass is 10.0. The van der Waals surface area contributed by atoms with Gasteiger partial charge in [-0.05, 0) is 43.4 Å². The van der Waals surface area contributed by atoms with Crippen molar-refractivity contribution in [3.8, 4) is 0 Å². The van der Waals surface area contributed by atoms with Crippen LogP contribution in [0.1, 0.15) is 43.4 Å². The Morgan fingerprint density at radius 3 is 2.52 bits per heavy atom. The molecule has 21 heavy (non-hydrogen) atoms. The Hall–Kier alpha value is -1.78. The molecule has 2 rings (SSSR count). The van der Waals surface area contributed by atoms with Crippen LogP contribution in [-0.4, -0.2) is 5.91 Å². The standard InChI is InChI=1S/C16H18F3NO/c1-11(20-15(21)10-12-4-2-3-5-12)13-6-8-14(9-7-13)16(17,18)19/h2,4,6-9,11-12H,3,5,10H2,1H3,(H,20,21)/t11-,12+/m0/s1. The van der Waals surface area contributed by atoms with Crippen molar-refractivity contribution in [2.75, 3.05) is 0 Å². The molecule has 2 nitrogen and oxygen atoms in total. The number of halogens is 3. The summed E-state index contributed by atoms with van der Waals surface area (Å²) in [5.74, 6) is 0.212. The summed E-state index contributed by atoms with van der Waals surface area (Å²) < 4.78 is 37.4. The van der Waals surface area contributed by atoms with Gasteiger partial charge in [0.25, 0.3) is 0 Å². The molecular weight excluding hydrogens is 279 g/mol. The number of benzene rings is 1. The molecule has 1 aromatic rings. The van der Waals surface area contributed by atoms with Crippen molar-refractivity contribution in [3.05, 3.63) is 47.5 Å². The molecular formula is C16H18F3NO. The number of allylic oxidation sites excluding steroid dienone is 2. The minimum absolute atomic E-state index is 0.0704. The summed E-state index contributed by atoms with van der Waals surface area (Å²) in [5.41, 5.74) is -0.0146. The molecule has 1 aromatic carbocycles. The molecule has 1 aliphatic carbocycles. The van der Waals surface area contributed by atoms with Gasteiger partial charge in [0.2, 0.25) is 5.91 Å². The van der Waals surface area contributed by atoms with Crippen LogP contribution in [0, 0.1) is 5.92 Å². The van der Waals surface area contributed by atoms with Crippen molar-refractivity contribution in [1.82, 2.24) is 5.32 Å². The fraction of sp³-hybridized carbons (Fsp3) is 0.438. The molecule has 1 aliphatic rings. The smallest absolute Gasteiger partial charge is 0.350 e. The highest BCUT2D eigenvalue weighted by molar-refractivity contribution is 5.77. The highest BCUT2D eigenvalue weighted by Gasteiger charge is 2.30. The van der Waals surface area contributed by atoms with Crippen LogP contribution in [0.5, 0.6) is 0 Å². The largest absolute Gasteiger partial charge is 0.416 e. The van der Waals surface area contributed by atoms with Gasteiger partial charge in [0.05, 0.1) is 11.6 Å². The molecule has 114 valence electrons. The van der Waals surface area contributed by atoms with E-state index in [1.165, 1.54) is 12.1 Å². The Kier molecular flexibility index (Phi) is 4.70. The highest BCUT2D eigenvalue weighted by atomic mass is 19.4. The second-order valence-corrected chi connectivity index (χ2v) is 5.38. The average Bonchev–Trinajstić information content (AvgIpc) is 2.90. The third kappa shape index (κ3) is 4.34. The first kappa shape index (κ1) is 15.6. The normalized spacial score (nSPS) is 19.5. The monoisotopic (exact) mass is 297 g/mol. The van der Waals surface area contributed by atoms with E-state index in [0.717, 1.165) is 25.0 Å². The van der Waals surface area contributed by atoms with E-state index < -0.39 is 11.7 Å². The lowest BCUT2D eigenvalue weighted by Crippen LogP contribution is -2.27. The molecule has 0 unspecified atom stereocenters. The van der Waals surface area contributed by atoms with Gasteiger partial charge in [-0.2, -0.15) is 13.2 Å². The average molecular weight is 297 g/mol. The first-order valence-corrected chi connectivity index (χ1v) is 6.99. The summed E-state index contributed by atoms with van der Waals surface area (Å²) in [6, 6.07) is 4.59. The third-order valence-electron chi connectivity index (χ3n) is 3.68. The molecule has 2 atom stereocenters. The van der Waals surface area contributed by atoms with Crippen LogP contribution in [0.2, 0.25) is 0 Å². The van der Waals surface area contributed by atoms with Crippen molar-refractivity contribution in [3.63, 3.8) is 0 Å². The zero-order valence-corrected chi connectivity index (χ0v) is 11.8. The number of hydrogen-bond acceptors (Lipinski definition) is 1. The van der Waals surface area contributed by atoms with Crippen molar-refractivity contribution in [1.29, 1.82) is 0 Å². The first-order chi connectivity index (χ1) is 9.86. The predicted molar refractivity (Wildman–Crippen MR) is 74.5 cm³/mol. The van der Waals surface area contributed by atoms with Gasteiger partial charge >= 0.3 is 6.18 Å². The summed E-state index contributed by atoms with van der Waals surface area (Å²) in [4.78, 5) is 11.9. The van der Waals surface area contributed by atoms with Crippen LogP contribution in [0.4, 0.5) is 13.2 Å². The van der Waals surface area contributed by atoms with Crippen molar-refractivity contribution in [2.45, 2.75) is 38.4 Å². The van der Waals surface area contributed by atoms with Gasteiger partial charge in [-0.15, -0.1) is 0 Å². The maximum Gasteiger partial charge on any atom is 0.416 e. The fourth-order valence-electron chi connectivity index (χ4n) is 2.45. The van der Waals surface area contributed by atoms with Crippen LogP contribution in [0.15, 0.2) is 36.4 Å². The molecule has 1 N–H and O–H groups in total. The Balaban J connectivity index is 1.91. The van der Waals surface area contributed by atoms with Crippen molar-refractivity contribution < 1.29 is 18.0 Å².